The smallest absolute Gasteiger partial charge is 0.129 e. The Hall–Kier alpha value is -1.78. The van der Waals surface area contributed by atoms with Crippen molar-refractivity contribution in [1.29, 1.82) is 0 Å². The molecule has 1 N–H and O–H groups in total. The van der Waals surface area contributed by atoms with Crippen LogP contribution < -0.4 is 9.47 Å². The molecule has 0 amide bonds. The zero-order valence-corrected chi connectivity index (χ0v) is 11.4. The third-order valence-electron chi connectivity index (χ3n) is 2.81. The maximum absolute atomic E-state index is 10.5. The van der Waals surface area contributed by atoms with Gasteiger partial charge in [-0.3, -0.25) is 0 Å². The van der Waals surface area contributed by atoms with Crippen LogP contribution in [0.1, 0.15) is 17.2 Å². The van der Waals surface area contributed by atoms with Crippen LogP contribution in [0.25, 0.3) is 0 Å². The highest BCUT2D eigenvalue weighted by Gasteiger charge is 2.20. The van der Waals surface area contributed by atoms with Crippen molar-refractivity contribution in [3.05, 3.63) is 52.8 Å². The summed E-state index contributed by atoms with van der Waals surface area (Å²) in [5.74, 6) is 1.11. The number of benzene rings is 1. The Morgan fingerprint density at radius 2 is 1.74 bits per heavy atom. The molecule has 0 aliphatic heterocycles. The van der Waals surface area contributed by atoms with E-state index in [0.717, 1.165) is 0 Å². The van der Waals surface area contributed by atoms with Crippen molar-refractivity contribution < 1.29 is 14.6 Å². The minimum atomic E-state index is -0.893. The van der Waals surface area contributed by atoms with Crippen LogP contribution in [0.3, 0.4) is 0 Å². The molecule has 0 fully saturated rings. The standard InChI is InChI=1S/C14H14ClNO3/c1-18-10-4-3-5-11(19-2)13(10)14(17)9-6-7-12(15)16-8-9/h3-8,14,17H,1-2H3. The van der Waals surface area contributed by atoms with Crippen molar-refractivity contribution >= 4 is 11.6 Å². The van der Waals surface area contributed by atoms with Crippen LogP contribution in [-0.2, 0) is 0 Å². The zero-order chi connectivity index (χ0) is 13.8. The van der Waals surface area contributed by atoms with Crippen molar-refractivity contribution in [1.82, 2.24) is 4.98 Å². The molecule has 2 rings (SSSR count). The predicted octanol–water partition coefficient (Wildman–Crippen LogP) is 2.83. The molecule has 1 aromatic heterocycles. The summed E-state index contributed by atoms with van der Waals surface area (Å²) in [4.78, 5) is 3.96. The van der Waals surface area contributed by atoms with Crippen LogP contribution in [0, 0.1) is 0 Å². The lowest BCUT2D eigenvalue weighted by molar-refractivity contribution is 0.208. The van der Waals surface area contributed by atoms with Gasteiger partial charge in [-0.15, -0.1) is 0 Å². The van der Waals surface area contributed by atoms with Crippen LogP contribution in [0.4, 0.5) is 0 Å². The first-order chi connectivity index (χ1) is 9.17. The number of halogens is 1. The Morgan fingerprint density at radius 1 is 1.11 bits per heavy atom. The van der Waals surface area contributed by atoms with Crippen LogP contribution in [0.15, 0.2) is 36.5 Å². The molecule has 0 saturated carbocycles. The highest BCUT2D eigenvalue weighted by atomic mass is 35.5. The van der Waals surface area contributed by atoms with E-state index >= 15 is 0 Å². The summed E-state index contributed by atoms with van der Waals surface area (Å²) >= 11 is 5.74. The molecule has 1 aromatic carbocycles. The molecule has 19 heavy (non-hydrogen) atoms. The van der Waals surface area contributed by atoms with Gasteiger partial charge < -0.3 is 14.6 Å². The van der Waals surface area contributed by atoms with E-state index in [1.54, 1.807) is 44.6 Å². The fraction of sp³-hybridized carbons (Fsp3) is 0.214. The minimum absolute atomic E-state index is 0.378. The normalized spacial score (nSPS) is 12.0. The van der Waals surface area contributed by atoms with Crippen LogP contribution in [-0.4, -0.2) is 24.3 Å². The SMILES string of the molecule is COc1cccc(OC)c1C(O)c1ccc(Cl)nc1. The Morgan fingerprint density at radius 3 is 2.21 bits per heavy atom. The molecule has 0 bridgehead atoms. The average molecular weight is 280 g/mol. The molecule has 0 spiro atoms. The molecule has 5 heteroatoms. The van der Waals surface area contributed by atoms with E-state index in [1.807, 2.05) is 0 Å². The molecule has 1 unspecified atom stereocenters. The lowest BCUT2D eigenvalue weighted by atomic mass is 10.0. The molecule has 0 aliphatic carbocycles. The van der Waals surface area contributed by atoms with Crippen LogP contribution in [0.5, 0.6) is 11.5 Å². The van der Waals surface area contributed by atoms with Gasteiger partial charge in [-0.1, -0.05) is 23.7 Å². The summed E-state index contributed by atoms with van der Waals surface area (Å²) in [6.07, 6.45) is 0.634. The zero-order valence-electron chi connectivity index (χ0n) is 10.6. The second-order valence-corrected chi connectivity index (χ2v) is 4.28. The average Bonchev–Trinajstić information content (AvgIpc) is 2.46. The van der Waals surface area contributed by atoms with E-state index in [2.05, 4.69) is 4.98 Å². The van der Waals surface area contributed by atoms with Crippen molar-refractivity contribution in [2.45, 2.75) is 6.10 Å². The van der Waals surface area contributed by atoms with Crippen molar-refractivity contribution in [3.8, 4) is 11.5 Å². The molecule has 0 saturated heterocycles. The van der Waals surface area contributed by atoms with Gasteiger partial charge in [-0.25, -0.2) is 4.98 Å². The van der Waals surface area contributed by atoms with Gasteiger partial charge in [0, 0.05) is 11.8 Å². The summed E-state index contributed by atoms with van der Waals surface area (Å²) in [5, 5.41) is 10.8. The van der Waals surface area contributed by atoms with Gasteiger partial charge in [0.15, 0.2) is 0 Å². The highest BCUT2D eigenvalue weighted by molar-refractivity contribution is 6.29. The van der Waals surface area contributed by atoms with E-state index in [1.165, 1.54) is 6.20 Å². The number of aromatic nitrogens is 1. The first-order valence-corrected chi connectivity index (χ1v) is 6.05. The maximum Gasteiger partial charge on any atom is 0.129 e. The Bertz CT molecular complexity index is 535. The lowest BCUT2D eigenvalue weighted by Gasteiger charge is -2.18. The number of nitrogens with zero attached hydrogens (tertiary/aromatic N) is 1. The fourth-order valence-corrected chi connectivity index (χ4v) is 1.98. The number of aliphatic hydroxyl groups is 1. The number of rotatable bonds is 4. The summed E-state index contributed by atoms with van der Waals surface area (Å²) in [6.45, 7) is 0. The number of methoxy groups -OCH3 is 2. The summed E-state index contributed by atoms with van der Waals surface area (Å²) < 4.78 is 10.5. The summed E-state index contributed by atoms with van der Waals surface area (Å²) in [7, 11) is 3.09. The number of aliphatic hydroxyl groups excluding tert-OH is 1. The third kappa shape index (κ3) is 2.80. The van der Waals surface area contributed by atoms with Gasteiger partial charge in [-0.2, -0.15) is 0 Å². The molecule has 1 heterocycles. The van der Waals surface area contributed by atoms with Crippen molar-refractivity contribution in [2.24, 2.45) is 0 Å². The molecule has 1 atom stereocenters. The first kappa shape index (κ1) is 13.6. The van der Waals surface area contributed by atoms with Gasteiger partial charge >= 0.3 is 0 Å². The second-order valence-electron chi connectivity index (χ2n) is 3.89. The lowest BCUT2D eigenvalue weighted by Crippen LogP contribution is -2.05. The molecule has 100 valence electrons. The number of ether oxygens (including phenoxy) is 2. The van der Waals surface area contributed by atoms with Crippen LogP contribution >= 0.6 is 11.6 Å². The molecular formula is C14H14ClNO3. The van der Waals surface area contributed by atoms with E-state index in [4.69, 9.17) is 21.1 Å². The Kier molecular flexibility index (Phi) is 4.24. The van der Waals surface area contributed by atoms with E-state index in [0.29, 0.717) is 27.8 Å². The molecule has 4 nitrogen and oxygen atoms in total. The quantitative estimate of drug-likeness (QED) is 0.875. The second kappa shape index (κ2) is 5.91. The van der Waals surface area contributed by atoms with Gasteiger partial charge in [0.1, 0.15) is 22.8 Å². The van der Waals surface area contributed by atoms with Gasteiger partial charge in [0.2, 0.25) is 0 Å². The maximum atomic E-state index is 10.5. The number of hydrogen-bond donors (Lipinski definition) is 1. The largest absolute Gasteiger partial charge is 0.496 e. The molecule has 2 aromatic rings. The minimum Gasteiger partial charge on any atom is -0.496 e. The van der Waals surface area contributed by atoms with Gasteiger partial charge in [0.25, 0.3) is 0 Å². The highest BCUT2D eigenvalue weighted by Crippen LogP contribution is 2.37. The van der Waals surface area contributed by atoms with Crippen molar-refractivity contribution in [3.63, 3.8) is 0 Å². The predicted molar refractivity (Wildman–Crippen MR) is 72.9 cm³/mol. The Labute approximate surface area is 116 Å². The van der Waals surface area contributed by atoms with E-state index < -0.39 is 6.10 Å². The Balaban J connectivity index is 2.47. The first-order valence-electron chi connectivity index (χ1n) is 5.67. The fourth-order valence-electron chi connectivity index (χ4n) is 1.87. The third-order valence-corrected chi connectivity index (χ3v) is 3.03. The topological polar surface area (TPSA) is 51.6 Å². The summed E-state index contributed by atoms with van der Waals surface area (Å²) in [6, 6.07) is 8.68. The molecule has 0 radical (unpaired) electrons. The monoisotopic (exact) mass is 279 g/mol. The number of hydrogen-bond acceptors (Lipinski definition) is 4. The molecule has 0 aliphatic rings. The van der Waals surface area contributed by atoms with E-state index in [-0.39, 0.29) is 0 Å². The number of pyridine rings is 1. The summed E-state index contributed by atoms with van der Waals surface area (Å²) in [5.41, 5.74) is 1.18. The van der Waals surface area contributed by atoms with Crippen LogP contribution in [0.2, 0.25) is 5.15 Å². The van der Waals surface area contributed by atoms with Crippen molar-refractivity contribution in [2.75, 3.05) is 14.2 Å². The molecular weight excluding hydrogens is 266 g/mol. The van der Waals surface area contributed by atoms with Gasteiger partial charge in [0.05, 0.1) is 19.8 Å². The van der Waals surface area contributed by atoms with E-state index in [9.17, 15) is 5.11 Å². The van der Waals surface area contributed by atoms with Gasteiger partial charge in [-0.05, 0) is 18.2 Å².